The fourth-order valence-corrected chi connectivity index (χ4v) is 4.04. The van der Waals surface area contributed by atoms with Crippen molar-refractivity contribution in [2.45, 2.75) is 19.3 Å². The molecule has 0 spiro atoms. The molecule has 1 aliphatic heterocycles. The van der Waals surface area contributed by atoms with E-state index in [-0.39, 0.29) is 22.7 Å². The molecule has 1 N–H and O–H groups in total. The summed E-state index contributed by atoms with van der Waals surface area (Å²) in [6.07, 6.45) is 4.70. The summed E-state index contributed by atoms with van der Waals surface area (Å²) in [5.41, 5.74) is 1.11. The number of rotatable bonds is 5. The Morgan fingerprint density at radius 3 is 2.53 bits per heavy atom. The van der Waals surface area contributed by atoms with Crippen molar-refractivity contribution in [1.82, 2.24) is 9.88 Å². The van der Waals surface area contributed by atoms with Crippen LogP contribution in [0.15, 0.2) is 54.0 Å². The first-order valence-corrected chi connectivity index (χ1v) is 10.9. The van der Waals surface area contributed by atoms with Crippen LogP contribution in [0.2, 0.25) is 5.02 Å². The van der Waals surface area contributed by atoms with Gasteiger partial charge in [-0.1, -0.05) is 17.7 Å². The van der Waals surface area contributed by atoms with Gasteiger partial charge in [-0.25, -0.2) is 4.98 Å². The number of carbonyl (C=O) groups excluding carboxylic acids is 2. The van der Waals surface area contributed by atoms with E-state index in [9.17, 15) is 9.59 Å². The maximum atomic E-state index is 12.6. The largest absolute Gasteiger partial charge is 0.438 e. The van der Waals surface area contributed by atoms with E-state index in [1.54, 1.807) is 36.4 Å². The molecule has 1 aliphatic rings. The summed E-state index contributed by atoms with van der Waals surface area (Å²) in [5.74, 6) is 0.537. The number of thiophene rings is 1. The summed E-state index contributed by atoms with van der Waals surface area (Å²) in [6.45, 7) is 1.54. The van der Waals surface area contributed by atoms with E-state index in [2.05, 4.69) is 10.3 Å². The van der Waals surface area contributed by atoms with Gasteiger partial charge in [-0.3, -0.25) is 9.59 Å². The van der Waals surface area contributed by atoms with Crippen LogP contribution < -0.4 is 10.1 Å². The Hall–Kier alpha value is -2.90. The van der Waals surface area contributed by atoms with Crippen molar-refractivity contribution in [3.8, 4) is 11.6 Å². The van der Waals surface area contributed by atoms with Gasteiger partial charge in [0.05, 0.1) is 10.4 Å². The number of carbonyl (C=O) groups is 2. The molecule has 0 atom stereocenters. The first kappa shape index (κ1) is 20.4. The van der Waals surface area contributed by atoms with Crippen LogP contribution in [0, 0.1) is 0 Å². The third-order valence-corrected chi connectivity index (χ3v) is 5.91. The number of hydrogen-bond donors (Lipinski definition) is 1. The number of piperidine rings is 1. The number of hydrogen-bond acceptors (Lipinski definition) is 5. The number of anilines is 1. The highest BCUT2D eigenvalue weighted by Crippen LogP contribution is 2.29. The number of likely N-dealkylation sites (tertiary alicyclic amines) is 1. The molecule has 1 fully saturated rings. The standard InChI is InChI=1S/C22H20ClN3O3S/c23-18-13-15(22(28)26-10-2-1-3-11-26)14-24-21(18)29-17-8-6-16(7-9-17)25-20(27)19-5-4-12-30-19/h4-9,12-14H,1-3,10-11H2,(H,25,27). The summed E-state index contributed by atoms with van der Waals surface area (Å²) in [5, 5.41) is 4.96. The van der Waals surface area contributed by atoms with Crippen molar-refractivity contribution in [2.75, 3.05) is 18.4 Å². The highest BCUT2D eigenvalue weighted by atomic mass is 35.5. The van der Waals surface area contributed by atoms with Gasteiger partial charge in [0.15, 0.2) is 0 Å². The molecule has 0 saturated carbocycles. The molecule has 154 valence electrons. The Balaban J connectivity index is 1.40. The quantitative estimate of drug-likeness (QED) is 0.570. The zero-order valence-electron chi connectivity index (χ0n) is 16.1. The molecule has 1 saturated heterocycles. The Kier molecular flexibility index (Phi) is 6.30. The van der Waals surface area contributed by atoms with Crippen LogP contribution in [0.1, 0.15) is 39.3 Å². The summed E-state index contributed by atoms with van der Waals surface area (Å²) in [6, 6.07) is 12.1. The summed E-state index contributed by atoms with van der Waals surface area (Å²) >= 11 is 7.69. The van der Waals surface area contributed by atoms with E-state index >= 15 is 0 Å². The zero-order chi connectivity index (χ0) is 20.9. The van der Waals surface area contributed by atoms with E-state index in [0.29, 0.717) is 21.9 Å². The fraction of sp³-hybridized carbons (Fsp3) is 0.227. The third-order valence-electron chi connectivity index (χ3n) is 4.77. The van der Waals surface area contributed by atoms with Crippen molar-refractivity contribution in [3.05, 3.63) is 69.5 Å². The van der Waals surface area contributed by atoms with Gasteiger partial charge in [0, 0.05) is 25.0 Å². The second-order valence-electron chi connectivity index (χ2n) is 6.92. The predicted molar refractivity (Wildman–Crippen MR) is 118 cm³/mol. The molecule has 1 aromatic carbocycles. The zero-order valence-corrected chi connectivity index (χ0v) is 17.7. The van der Waals surface area contributed by atoms with Gasteiger partial charge >= 0.3 is 0 Å². The van der Waals surface area contributed by atoms with Crippen LogP contribution in [0.4, 0.5) is 5.69 Å². The van der Waals surface area contributed by atoms with Crippen molar-refractivity contribution in [1.29, 1.82) is 0 Å². The van der Waals surface area contributed by atoms with Gasteiger partial charge < -0.3 is 15.0 Å². The van der Waals surface area contributed by atoms with E-state index in [1.807, 2.05) is 16.3 Å². The maximum absolute atomic E-state index is 12.6. The number of benzene rings is 1. The molecule has 3 heterocycles. The Bertz CT molecular complexity index is 1030. The van der Waals surface area contributed by atoms with E-state index in [4.69, 9.17) is 16.3 Å². The third kappa shape index (κ3) is 4.80. The maximum Gasteiger partial charge on any atom is 0.265 e. The molecule has 2 amide bonds. The number of aromatic nitrogens is 1. The van der Waals surface area contributed by atoms with Crippen LogP contribution in [0.25, 0.3) is 0 Å². The molecule has 8 heteroatoms. The topological polar surface area (TPSA) is 71.5 Å². The second-order valence-corrected chi connectivity index (χ2v) is 8.28. The molecule has 2 aromatic heterocycles. The number of nitrogens with zero attached hydrogens (tertiary/aromatic N) is 2. The first-order valence-electron chi connectivity index (χ1n) is 9.68. The summed E-state index contributed by atoms with van der Waals surface area (Å²) in [4.78, 5) is 31.4. The van der Waals surface area contributed by atoms with Crippen LogP contribution in [-0.2, 0) is 0 Å². The molecule has 6 nitrogen and oxygen atoms in total. The highest BCUT2D eigenvalue weighted by Gasteiger charge is 2.20. The van der Waals surface area contributed by atoms with Gasteiger partial charge in [0.25, 0.3) is 11.8 Å². The van der Waals surface area contributed by atoms with E-state index in [0.717, 1.165) is 32.4 Å². The molecule has 0 unspecified atom stereocenters. The SMILES string of the molecule is O=C(Nc1ccc(Oc2ncc(C(=O)N3CCCCC3)cc2Cl)cc1)c1cccs1. The van der Waals surface area contributed by atoms with Crippen molar-refractivity contribution in [3.63, 3.8) is 0 Å². The Morgan fingerprint density at radius 2 is 1.87 bits per heavy atom. The average molecular weight is 442 g/mol. The van der Waals surface area contributed by atoms with Crippen molar-refractivity contribution in [2.24, 2.45) is 0 Å². The van der Waals surface area contributed by atoms with Crippen molar-refractivity contribution >= 4 is 40.4 Å². The lowest BCUT2D eigenvalue weighted by Crippen LogP contribution is -2.35. The van der Waals surface area contributed by atoms with Crippen LogP contribution in [-0.4, -0.2) is 34.8 Å². The molecular formula is C22H20ClN3O3S. The Morgan fingerprint density at radius 1 is 1.10 bits per heavy atom. The van der Waals surface area contributed by atoms with E-state index < -0.39 is 0 Å². The minimum Gasteiger partial charge on any atom is -0.438 e. The van der Waals surface area contributed by atoms with Crippen LogP contribution in [0.5, 0.6) is 11.6 Å². The number of ether oxygens (including phenoxy) is 1. The molecule has 0 aliphatic carbocycles. The molecule has 3 aromatic rings. The lowest BCUT2D eigenvalue weighted by Gasteiger charge is -2.26. The molecule has 0 bridgehead atoms. The summed E-state index contributed by atoms with van der Waals surface area (Å²) in [7, 11) is 0. The Labute approximate surface area is 183 Å². The van der Waals surface area contributed by atoms with Gasteiger partial charge in [0.1, 0.15) is 10.8 Å². The van der Waals surface area contributed by atoms with E-state index in [1.165, 1.54) is 17.5 Å². The van der Waals surface area contributed by atoms with Crippen molar-refractivity contribution < 1.29 is 14.3 Å². The van der Waals surface area contributed by atoms with Gasteiger partial charge in [-0.05, 0) is 61.0 Å². The summed E-state index contributed by atoms with van der Waals surface area (Å²) < 4.78 is 5.74. The lowest BCUT2D eigenvalue weighted by atomic mass is 10.1. The normalized spacial score (nSPS) is 13.7. The average Bonchev–Trinajstić information content (AvgIpc) is 3.32. The molecular weight excluding hydrogens is 422 g/mol. The van der Waals surface area contributed by atoms with Crippen LogP contribution in [0.3, 0.4) is 0 Å². The number of halogens is 1. The predicted octanol–water partition coefficient (Wildman–Crippen LogP) is 5.47. The number of pyridine rings is 1. The molecule has 4 rings (SSSR count). The van der Waals surface area contributed by atoms with Gasteiger partial charge in [-0.15, -0.1) is 11.3 Å². The number of nitrogens with one attached hydrogen (secondary N) is 1. The lowest BCUT2D eigenvalue weighted by molar-refractivity contribution is 0.0723. The van der Waals surface area contributed by atoms with Gasteiger partial charge in [-0.2, -0.15) is 0 Å². The minimum atomic E-state index is -0.155. The van der Waals surface area contributed by atoms with Gasteiger partial charge in [0.2, 0.25) is 5.88 Å². The monoisotopic (exact) mass is 441 g/mol. The second kappa shape index (κ2) is 9.28. The first-order chi connectivity index (χ1) is 14.6. The molecule has 0 radical (unpaired) electrons. The smallest absolute Gasteiger partial charge is 0.265 e. The van der Waals surface area contributed by atoms with Crippen LogP contribution >= 0.6 is 22.9 Å². The molecule has 30 heavy (non-hydrogen) atoms. The fourth-order valence-electron chi connectivity index (χ4n) is 3.22. The minimum absolute atomic E-state index is 0.0542. The number of amides is 2. The highest BCUT2D eigenvalue weighted by molar-refractivity contribution is 7.12.